The summed E-state index contributed by atoms with van der Waals surface area (Å²) < 4.78 is 1.76. The maximum atomic E-state index is 11.6. The Kier molecular flexibility index (Phi) is 4.34. The van der Waals surface area contributed by atoms with Crippen LogP contribution in [0, 0.1) is 0 Å². The average Bonchev–Trinajstić information content (AvgIpc) is 2.42. The third-order valence-corrected chi connectivity index (χ3v) is 4.57. The second kappa shape index (κ2) is 4.95. The molecule has 84 valence electrons. The SMILES string of the molecule is CC(C)(C)ONC(=O)c1cc(Br)c(Br)s1. The number of rotatable bonds is 2. The van der Waals surface area contributed by atoms with Gasteiger partial charge in [-0.1, -0.05) is 0 Å². The number of hydrogen-bond donors (Lipinski definition) is 1. The van der Waals surface area contributed by atoms with Crippen molar-refractivity contribution in [2.75, 3.05) is 0 Å². The summed E-state index contributed by atoms with van der Waals surface area (Å²) in [5.74, 6) is -0.235. The van der Waals surface area contributed by atoms with E-state index in [1.807, 2.05) is 20.8 Å². The summed E-state index contributed by atoms with van der Waals surface area (Å²) in [5, 5.41) is 0. The summed E-state index contributed by atoms with van der Waals surface area (Å²) in [4.78, 5) is 17.4. The van der Waals surface area contributed by atoms with Gasteiger partial charge in [0.15, 0.2) is 0 Å². The highest BCUT2D eigenvalue weighted by molar-refractivity contribution is 9.13. The third kappa shape index (κ3) is 4.22. The van der Waals surface area contributed by atoms with Crippen molar-refractivity contribution in [3.63, 3.8) is 0 Å². The fourth-order valence-corrected chi connectivity index (χ4v) is 2.63. The Morgan fingerprint density at radius 1 is 1.47 bits per heavy atom. The molecule has 0 saturated heterocycles. The number of nitrogens with one attached hydrogen (secondary N) is 1. The highest BCUT2D eigenvalue weighted by Crippen LogP contribution is 2.32. The van der Waals surface area contributed by atoms with Crippen LogP contribution < -0.4 is 5.48 Å². The number of hydrogen-bond acceptors (Lipinski definition) is 3. The normalized spacial score (nSPS) is 11.5. The molecule has 0 saturated carbocycles. The largest absolute Gasteiger partial charge is 0.284 e. The number of amides is 1. The predicted molar refractivity (Wildman–Crippen MR) is 68.0 cm³/mol. The van der Waals surface area contributed by atoms with E-state index in [2.05, 4.69) is 37.3 Å². The first-order valence-corrected chi connectivity index (χ1v) is 6.63. The minimum Gasteiger partial charge on any atom is -0.268 e. The van der Waals surface area contributed by atoms with Gasteiger partial charge in [-0.05, 0) is 58.7 Å². The fraction of sp³-hybridized carbons (Fsp3) is 0.444. The molecule has 0 radical (unpaired) electrons. The van der Waals surface area contributed by atoms with Crippen LogP contribution in [0.15, 0.2) is 14.3 Å². The van der Waals surface area contributed by atoms with Crippen molar-refractivity contribution in [1.82, 2.24) is 5.48 Å². The number of thiophene rings is 1. The lowest BCUT2D eigenvalue weighted by atomic mass is 10.2. The van der Waals surface area contributed by atoms with E-state index in [-0.39, 0.29) is 11.5 Å². The Bertz CT molecular complexity index is 351. The van der Waals surface area contributed by atoms with Gasteiger partial charge in [-0.25, -0.2) is 5.48 Å². The Morgan fingerprint density at radius 3 is 2.47 bits per heavy atom. The van der Waals surface area contributed by atoms with Crippen molar-refractivity contribution >= 4 is 49.1 Å². The maximum Gasteiger partial charge on any atom is 0.284 e. The topological polar surface area (TPSA) is 38.3 Å². The average molecular weight is 357 g/mol. The van der Waals surface area contributed by atoms with Gasteiger partial charge in [0, 0.05) is 4.47 Å². The lowest BCUT2D eigenvalue weighted by Crippen LogP contribution is -2.33. The van der Waals surface area contributed by atoms with Crippen LogP contribution in [0.3, 0.4) is 0 Å². The van der Waals surface area contributed by atoms with Crippen molar-refractivity contribution in [1.29, 1.82) is 0 Å². The second-order valence-corrected chi connectivity index (χ2v) is 7.10. The molecule has 0 fully saturated rings. The second-order valence-electron chi connectivity index (χ2n) is 3.88. The molecule has 6 heteroatoms. The highest BCUT2D eigenvalue weighted by atomic mass is 79.9. The minimum atomic E-state index is -0.388. The van der Waals surface area contributed by atoms with E-state index in [0.29, 0.717) is 4.88 Å². The van der Waals surface area contributed by atoms with Gasteiger partial charge in [-0.2, -0.15) is 0 Å². The molecule has 0 aromatic carbocycles. The Balaban J connectivity index is 2.62. The summed E-state index contributed by atoms with van der Waals surface area (Å²) in [6, 6.07) is 1.75. The summed E-state index contributed by atoms with van der Waals surface area (Å²) in [5.41, 5.74) is 2.02. The number of hydroxylamine groups is 1. The third-order valence-electron chi connectivity index (χ3n) is 1.32. The summed E-state index contributed by atoms with van der Waals surface area (Å²) in [6.07, 6.45) is 0. The van der Waals surface area contributed by atoms with Gasteiger partial charge in [0.05, 0.1) is 14.3 Å². The molecule has 0 spiro atoms. The molecule has 0 atom stereocenters. The van der Waals surface area contributed by atoms with Crippen LogP contribution in [0.2, 0.25) is 0 Å². The highest BCUT2D eigenvalue weighted by Gasteiger charge is 2.16. The van der Waals surface area contributed by atoms with Crippen LogP contribution >= 0.6 is 43.2 Å². The quantitative estimate of drug-likeness (QED) is 0.820. The first-order valence-electron chi connectivity index (χ1n) is 4.23. The smallest absolute Gasteiger partial charge is 0.268 e. The van der Waals surface area contributed by atoms with Crippen molar-refractivity contribution in [3.8, 4) is 0 Å². The van der Waals surface area contributed by atoms with Crippen LogP contribution in [-0.2, 0) is 4.84 Å². The van der Waals surface area contributed by atoms with E-state index < -0.39 is 0 Å². The molecule has 15 heavy (non-hydrogen) atoms. The zero-order valence-corrected chi connectivity index (χ0v) is 12.5. The van der Waals surface area contributed by atoms with E-state index in [9.17, 15) is 4.79 Å². The summed E-state index contributed by atoms with van der Waals surface area (Å²) in [7, 11) is 0. The zero-order chi connectivity index (χ0) is 11.6. The van der Waals surface area contributed by atoms with Crippen molar-refractivity contribution in [2.24, 2.45) is 0 Å². The van der Waals surface area contributed by atoms with Gasteiger partial charge in [0.25, 0.3) is 5.91 Å². The van der Waals surface area contributed by atoms with E-state index in [0.717, 1.165) is 8.26 Å². The molecule has 1 rings (SSSR count). The molecule has 0 aliphatic heterocycles. The summed E-state index contributed by atoms with van der Waals surface area (Å²) in [6.45, 7) is 5.61. The monoisotopic (exact) mass is 355 g/mol. The number of carbonyl (C=O) groups excluding carboxylic acids is 1. The maximum absolute atomic E-state index is 11.6. The lowest BCUT2D eigenvalue weighted by Gasteiger charge is -2.18. The zero-order valence-electron chi connectivity index (χ0n) is 8.56. The first kappa shape index (κ1) is 13.2. The van der Waals surface area contributed by atoms with Crippen molar-refractivity contribution in [3.05, 3.63) is 19.2 Å². The molecule has 3 nitrogen and oxygen atoms in total. The standard InChI is InChI=1S/C9H11Br2NO2S/c1-9(2,3)14-12-8(13)6-4-5(10)7(11)15-6/h4H,1-3H3,(H,12,13). The Labute approximate surface area is 109 Å². The van der Waals surface area contributed by atoms with Crippen LogP contribution in [0.1, 0.15) is 30.4 Å². The van der Waals surface area contributed by atoms with E-state index in [1.165, 1.54) is 11.3 Å². The number of halogens is 2. The molecule has 1 N–H and O–H groups in total. The van der Waals surface area contributed by atoms with E-state index in [1.54, 1.807) is 6.07 Å². The van der Waals surface area contributed by atoms with Gasteiger partial charge >= 0.3 is 0 Å². The molecule has 1 amide bonds. The molecule has 0 bridgehead atoms. The molecular weight excluding hydrogens is 346 g/mol. The van der Waals surface area contributed by atoms with Crippen molar-refractivity contribution < 1.29 is 9.63 Å². The molecule has 1 aromatic heterocycles. The molecule has 0 unspecified atom stereocenters. The Hall–Kier alpha value is 0.0900. The van der Waals surface area contributed by atoms with Crippen LogP contribution in [0.4, 0.5) is 0 Å². The van der Waals surface area contributed by atoms with Crippen LogP contribution in [-0.4, -0.2) is 11.5 Å². The minimum absolute atomic E-state index is 0.235. The van der Waals surface area contributed by atoms with Crippen LogP contribution in [0.5, 0.6) is 0 Å². The molecule has 1 heterocycles. The van der Waals surface area contributed by atoms with Crippen molar-refractivity contribution in [2.45, 2.75) is 26.4 Å². The summed E-state index contributed by atoms with van der Waals surface area (Å²) >= 11 is 7.99. The molecule has 0 aliphatic carbocycles. The molecule has 1 aromatic rings. The first-order chi connectivity index (χ1) is 6.79. The lowest BCUT2D eigenvalue weighted by molar-refractivity contribution is -0.0588. The number of carbonyl (C=O) groups is 1. The van der Waals surface area contributed by atoms with Gasteiger partial charge in [0.1, 0.15) is 0 Å². The molecular formula is C9H11Br2NO2S. The van der Waals surface area contributed by atoms with E-state index in [4.69, 9.17) is 4.84 Å². The molecule has 0 aliphatic rings. The fourth-order valence-electron chi connectivity index (χ4n) is 0.708. The predicted octanol–water partition coefficient (Wildman–Crippen LogP) is 3.73. The van der Waals surface area contributed by atoms with Gasteiger partial charge in [0.2, 0.25) is 0 Å². The van der Waals surface area contributed by atoms with Gasteiger partial charge in [-0.3, -0.25) is 9.63 Å². The van der Waals surface area contributed by atoms with E-state index >= 15 is 0 Å². The van der Waals surface area contributed by atoms with Crippen LogP contribution in [0.25, 0.3) is 0 Å². The van der Waals surface area contributed by atoms with Gasteiger partial charge < -0.3 is 0 Å². The Morgan fingerprint density at radius 2 is 2.07 bits per heavy atom. The van der Waals surface area contributed by atoms with Gasteiger partial charge in [-0.15, -0.1) is 11.3 Å².